The van der Waals surface area contributed by atoms with Gasteiger partial charge in [0, 0.05) is 23.1 Å². The largest absolute Gasteiger partial charge is 0.358 e. The van der Waals surface area contributed by atoms with Crippen LogP contribution in [0.1, 0.15) is 13.8 Å². The van der Waals surface area contributed by atoms with Gasteiger partial charge in [-0.2, -0.15) is 9.36 Å². The molecule has 1 heterocycles. The third kappa shape index (κ3) is 2.55. The fraction of sp³-hybridized carbons (Fsp3) is 0.273. The predicted molar refractivity (Wildman–Crippen MR) is 64.1 cm³/mol. The molecule has 16 heavy (non-hydrogen) atoms. The van der Waals surface area contributed by atoms with Crippen molar-refractivity contribution >= 4 is 16.7 Å². The molecular weight excluding hydrogens is 225 g/mol. The van der Waals surface area contributed by atoms with Gasteiger partial charge in [0.2, 0.25) is 5.13 Å². The van der Waals surface area contributed by atoms with Crippen molar-refractivity contribution in [2.75, 3.05) is 5.32 Å². The molecule has 0 unspecified atom stereocenters. The molecule has 0 aliphatic carbocycles. The van der Waals surface area contributed by atoms with Gasteiger partial charge in [0.25, 0.3) is 0 Å². The molecule has 1 N–H and O–H groups in total. The van der Waals surface area contributed by atoms with Crippen LogP contribution in [0, 0.1) is 5.82 Å². The highest BCUT2D eigenvalue weighted by Gasteiger charge is 2.06. The Hall–Kier alpha value is -1.49. The normalized spacial score (nSPS) is 10.8. The molecule has 1 aromatic heterocycles. The van der Waals surface area contributed by atoms with Crippen LogP contribution >= 0.6 is 11.5 Å². The molecule has 5 heteroatoms. The number of rotatable bonds is 3. The van der Waals surface area contributed by atoms with Crippen molar-refractivity contribution in [3.8, 4) is 11.4 Å². The summed E-state index contributed by atoms with van der Waals surface area (Å²) in [6.07, 6.45) is 0. The molecule has 0 radical (unpaired) electrons. The van der Waals surface area contributed by atoms with E-state index in [1.807, 2.05) is 13.8 Å². The van der Waals surface area contributed by atoms with E-state index in [9.17, 15) is 4.39 Å². The molecule has 0 saturated heterocycles. The van der Waals surface area contributed by atoms with Gasteiger partial charge in [0.05, 0.1) is 0 Å². The molecule has 84 valence electrons. The van der Waals surface area contributed by atoms with Crippen LogP contribution in [-0.2, 0) is 0 Å². The van der Waals surface area contributed by atoms with Crippen molar-refractivity contribution in [2.24, 2.45) is 0 Å². The van der Waals surface area contributed by atoms with Gasteiger partial charge in [-0.3, -0.25) is 0 Å². The fourth-order valence-electron chi connectivity index (χ4n) is 1.25. The molecule has 0 saturated carbocycles. The average Bonchev–Trinajstić information content (AvgIpc) is 2.66. The monoisotopic (exact) mass is 237 g/mol. The van der Waals surface area contributed by atoms with E-state index < -0.39 is 0 Å². The van der Waals surface area contributed by atoms with Crippen molar-refractivity contribution in [3.05, 3.63) is 30.1 Å². The summed E-state index contributed by atoms with van der Waals surface area (Å²) >= 11 is 1.31. The van der Waals surface area contributed by atoms with E-state index in [1.165, 1.54) is 23.7 Å². The third-order valence-electron chi connectivity index (χ3n) is 1.94. The number of nitrogens with zero attached hydrogens (tertiary/aromatic N) is 2. The molecule has 2 rings (SSSR count). The van der Waals surface area contributed by atoms with Crippen LogP contribution in [-0.4, -0.2) is 15.4 Å². The summed E-state index contributed by atoms with van der Waals surface area (Å²) in [6, 6.07) is 6.50. The van der Waals surface area contributed by atoms with Crippen LogP contribution in [0.15, 0.2) is 24.3 Å². The van der Waals surface area contributed by atoms with Crippen molar-refractivity contribution in [1.82, 2.24) is 9.36 Å². The Balaban J connectivity index is 2.21. The highest BCUT2D eigenvalue weighted by molar-refractivity contribution is 7.09. The van der Waals surface area contributed by atoms with Crippen LogP contribution in [0.25, 0.3) is 11.4 Å². The maximum absolute atomic E-state index is 12.7. The van der Waals surface area contributed by atoms with Gasteiger partial charge in [0.15, 0.2) is 5.82 Å². The Morgan fingerprint density at radius 1 is 1.25 bits per heavy atom. The van der Waals surface area contributed by atoms with Gasteiger partial charge in [-0.05, 0) is 38.1 Å². The van der Waals surface area contributed by atoms with Crippen molar-refractivity contribution in [1.29, 1.82) is 0 Å². The lowest BCUT2D eigenvalue weighted by atomic mass is 10.2. The van der Waals surface area contributed by atoms with Gasteiger partial charge >= 0.3 is 0 Å². The average molecular weight is 237 g/mol. The topological polar surface area (TPSA) is 37.8 Å². The first kappa shape index (κ1) is 11.0. The summed E-state index contributed by atoms with van der Waals surface area (Å²) in [5, 5.41) is 3.96. The van der Waals surface area contributed by atoms with Crippen LogP contribution in [0.3, 0.4) is 0 Å². The number of benzene rings is 1. The van der Waals surface area contributed by atoms with E-state index in [2.05, 4.69) is 14.7 Å². The quantitative estimate of drug-likeness (QED) is 0.891. The number of nitrogens with one attached hydrogen (secondary N) is 1. The molecule has 1 aromatic carbocycles. The minimum atomic E-state index is -0.250. The lowest BCUT2D eigenvalue weighted by molar-refractivity contribution is 0.628. The number of hydrogen-bond donors (Lipinski definition) is 1. The summed E-state index contributed by atoms with van der Waals surface area (Å²) in [7, 11) is 0. The molecule has 0 spiro atoms. The number of hydrogen-bond acceptors (Lipinski definition) is 4. The minimum absolute atomic E-state index is 0.250. The van der Waals surface area contributed by atoms with Crippen LogP contribution in [0.4, 0.5) is 9.52 Å². The molecule has 0 amide bonds. The summed E-state index contributed by atoms with van der Waals surface area (Å²) in [6.45, 7) is 4.08. The second-order valence-electron chi connectivity index (χ2n) is 3.73. The highest BCUT2D eigenvalue weighted by atomic mass is 32.1. The summed E-state index contributed by atoms with van der Waals surface area (Å²) < 4.78 is 16.9. The second kappa shape index (κ2) is 4.57. The van der Waals surface area contributed by atoms with Crippen molar-refractivity contribution < 1.29 is 4.39 Å². The number of aromatic nitrogens is 2. The Labute approximate surface area is 97.5 Å². The molecule has 0 aliphatic rings. The van der Waals surface area contributed by atoms with E-state index in [-0.39, 0.29) is 5.82 Å². The molecular formula is C11H12FN3S. The standard InChI is InChI=1S/C11H12FN3S/c1-7(2)13-11-14-10(15-16-11)8-3-5-9(12)6-4-8/h3-7H,1-2H3,(H,13,14,15). The van der Waals surface area contributed by atoms with Gasteiger partial charge < -0.3 is 5.32 Å². The first-order valence-corrected chi connectivity index (χ1v) is 5.78. The van der Waals surface area contributed by atoms with E-state index in [0.717, 1.165) is 10.7 Å². The molecule has 0 atom stereocenters. The van der Waals surface area contributed by atoms with Gasteiger partial charge in [-0.1, -0.05) is 0 Å². The van der Waals surface area contributed by atoms with Gasteiger partial charge in [-0.15, -0.1) is 0 Å². The maximum Gasteiger partial charge on any atom is 0.203 e. The van der Waals surface area contributed by atoms with Crippen molar-refractivity contribution in [3.63, 3.8) is 0 Å². The Kier molecular flexibility index (Phi) is 3.14. The summed E-state index contributed by atoms with van der Waals surface area (Å²) in [5.41, 5.74) is 0.828. The van der Waals surface area contributed by atoms with Crippen LogP contribution in [0.5, 0.6) is 0 Å². The van der Waals surface area contributed by atoms with Crippen LogP contribution in [0.2, 0.25) is 0 Å². The number of halogens is 1. The second-order valence-corrected chi connectivity index (χ2v) is 4.48. The van der Waals surface area contributed by atoms with Crippen molar-refractivity contribution in [2.45, 2.75) is 19.9 Å². The lowest BCUT2D eigenvalue weighted by Crippen LogP contribution is -2.08. The SMILES string of the molecule is CC(C)Nc1nc(-c2ccc(F)cc2)ns1. The smallest absolute Gasteiger partial charge is 0.203 e. The first-order valence-electron chi connectivity index (χ1n) is 5.01. The molecule has 0 aliphatic heterocycles. The van der Waals surface area contributed by atoms with Gasteiger partial charge in [-0.25, -0.2) is 4.39 Å². The maximum atomic E-state index is 12.7. The van der Waals surface area contributed by atoms with E-state index >= 15 is 0 Å². The van der Waals surface area contributed by atoms with E-state index in [4.69, 9.17) is 0 Å². The molecule has 2 aromatic rings. The molecule has 3 nitrogen and oxygen atoms in total. The molecule has 0 bridgehead atoms. The first-order chi connectivity index (χ1) is 7.65. The van der Waals surface area contributed by atoms with E-state index in [0.29, 0.717) is 11.9 Å². The minimum Gasteiger partial charge on any atom is -0.358 e. The summed E-state index contributed by atoms with van der Waals surface area (Å²) in [5.74, 6) is 0.382. The number of anilines is 1. The Morgan fingerprint density at radius 2 is 1.94 bits per heavy atom. The third-order valence-corrected chi connectivity index (χ3v) is 2.59. The zero-order valence-electron chi connectivity index (χ0n) is 9.07. The van der Waals surface area contributed by atoms with Crippen LogP contribution < -0.4 is 5.32 Å². The highest BCUT2D eigenvalue weighted by Crippen LogP contribution is 2.21. The zero-order chi connectivity index (χ0) is 11.5. The molecule has 0 fully saturated rings. The van der Waals surface area contributed by atoms with E-state index in [1.54, 1.807) is 12.1 Å². The fourth-order valence-corrected chi connectivity index (χ4v) is 1.98. The van der Waals surface area contributed by atoms with Gasteiger partial charge in [0.1, 0.15) is 5.82 Å². The zero-order valence-corrected chi connectivity index (χ0v) is 9.88. The predicted octanol–water partition coefficient (Wildman–Crippen LogP) is 3.16. The summed E-state index contributed by atoms with van der Waals surface area (Å²) in [4.78, 5) is 4.32. The Bertz CT molecular complexity index is 464. The lowest BCUT2D eigenvalue weighted by Gasteiger charge is -2.03. The Morgan fingerprint density at radius 3 is 2.56 bits per heavy atom.